The molecule has 0 aliphatic heterocycles. The van der Waals surface area contributed by atoms with Crippen molar-refractivity contribution in [1.29, 1.82) is 0 Å². The molecule has 0 bridgehead atoms. The zero-order valence-electron chi connectivity index (χ0n) is 17.1. The molecule has 5 heteroatoms. The van der Waals surface area contributed by atoms with E-state index in [0.29, 0.717) is 6.42 Å². The van der Waals surface area contributed by atoms with E-state index in [1.807, 2.05) is 0 Å². The van der Waals surface area contributed by atoms with E-state index in [1.165, 1.54) is 6.08 Å². The fraction of sp³-hybridized carbons (Fsp3) is 0.818. The molecular formula is C22H40O5. The van der Waals surface area contributed by atoms with Crippen molar-refractivity contribution in [3.05, 3.63) is 12.2 Å². The Morgan fingerprint density at radius 1 is 0.852 bits per heavy atom. The van der Waals surface area contributed by atoms with Crippen LogP contribution in [0.2, 0.25) is 0 Å². The molecule has 2 unspecified atom stereocenters. The van der Waals surface area contributed by atoms with Gasteiger partial charge >= 0.3 is 5.97 Å². The molecule has 0 aliphatic carbocycles. The summed E-state index contributed by atoms with van der Waals surface area (Å²) < 4.78 is 0. The molecule has 0 spiro atoms. The van der Waals surface area contributed by atoms with Crippen molar-refractivity contribution in [3.63, 3.8) is 0 Å². The van der Waals surface area contributed by atoms with Crippen molar-refractivity contribution in [2.24, 2.45) is 5.92 Å². The van der Waals surface area contributed by atoms with E-state index in [4.69, 9.17) is 5.11 Å². The van der Waals surface area contributed by atoms with Gasteiger partial charge in [0.15, 0.2) is 5.78 Å². The Balaban J connectivity index is 4.02. The highest BCUT2D eigenvalue weighted by Crippen LogP contribution is 2.16. The number of hydrogen-bond donors (Lipinski definition) is 3. The average Bonchev–Trinajstić information content (AvgIpc) is 2.63. The van der Waals surface area contributed by atoms with Crippen molar-refractivity contribution >= 4 is 11.8 Å². The summed E-state index contributed by atoms with van der Waals surface area (Å²) in [5.41, 5.74) is 0. The summed E-state index contributed by atoms with van der Waals surface area (Å²) in [6, 6.07) is 0. The van der Waals surface area contributed by atoms with Gasteiger partial charge in [0.1, 0.15) is 5.92 Å². The standard InChI is InChI=1S/C22H40O5/c1-2-3-4-10-13-16-19(24)21(22(26)27)20(25)17-14-11-8-6-5-7-9-12-15-18-23/h14,17,19,21,23-24H,2-13,15-16,18H2,1H3,(H,26,27). The first kappa shape index (κ1) is 25.8. The van der Waals surface area contributed by atoms with Crippen molar-refractivity contribution in [1.82, 2.24) is 0 Å². The minimum absolute atomic E-state index is 0.268. The van der Waals surface area contributed by atoms with Crippen LogP contribution in [0.15, 0.2) is 12.2 Å². The van der Waals surface area contributed by atoms with Crippen LogP contribution >= 0.6 is 0 Å². The molecule has 158 valence electrons. The largest absolute Gasteiger partial charge is 0.481 e. The Morgan fingerprint density at radius 3 is 2.00 bits per heavy atom. The number of carboxylic acid groups (broad SMARTS) is 1. The Labute approximate surface area is 164 Å². The topological polar surface area (TPSA) is 94.8 Å². The van der Waals surface area contributed by atoms with Gasteiger partial charge in [0.25, 0.3) is 0 Å². The van der Waals surface area contributed by atoms with Gasteiger partial charge in [-0.3, -0.25) is 9.59 Å². The van der Waals surface area contributed by atoms with Gasteiger partial charge < -0.3 is 15.3 Å². The van der Waals surface area contributed by atoms with Crippen molar-refractivity contribution in [2.75, 3.05) is 6.61 Å². The number of ketones is 1. The molecule has 0 aromatic heterocycles. The second-order valence-corrected chi connectivity index (χ2v) is 7.38. The molecule has 3 N–H and O–H groups in total. The monoisotopic (exact) mass is 384 g/mol. The molecule has 0 heterocycles. The number of carbonyl (C=O) groups excluding carboxylic acids is 1. The molecule has 0 amide bonds. The van der Waals surface area contributed by atoms with E-state index < -0.39 is 23.8 Å². The third-order valence-electron chi connectivity index (χ3n) is 4.87. The molecule has 0 radical (unpaired) electrons. The van der Waals surface area contributed by atoms with Crippen LogP contribution in [0.3, 0.4) is 0 Å². The van der Waals surface area contributed by atoms with E-state index in [0.717, 1.165) is 83.5 Å². The number of carbonyl (C=O) groups is 2. The van der Waals surface area contributed by atoms with Crippen LogP contribution in [0.1, 0.15) is 96.8 Å². The Kier molecular flexibility index (Phi) is 17.4. The fourth-order valence-electron chi connectivity index (χ4n) is 3.16. The minimum atomic E-state index is -1.35. The van der Waals surface area contributed by atoms with Crippen molar-refractivity contribution in [2.45, 2.75) is 103 Å². The Hall–Kier alpha value is -1.20. The number of hydrogen-bond acceptors (Lipinski definition) is 4. The predicted molar refractivity (Wildman–Crippen MR) is 109 cm³/mol. The van der Waals surface area contributed by atoms with Gasteiger partial charge in [-0.15, -0.1) is 0 Å². The van der Waals surface area contributed by atoms with Gasteiger partial charge in [0.2, 0.25) is 0 Å². The quantitative estimate of drug-likeness (QED) is 0.171. The second-order valence-electron chi connectivity index (χ2n) is 7.38. The lowest BCUT2D eigenvalue weighted by atomic mass is 9.92. The molecule has 0 saturated carbocycles. The number of allylic oxidation sites excluding steroid dienone is 2. The van der Waals surface area contributed by atoms with Crippen molar-refractivity contribution in [3.8, 4) is 0 Å². The maximum atomic E-state index is 12.1. The van der Waals surface area contributed by atoms with Crippen LogP contribution in [0.25, 0.3) is 0 Å². The molecule has 0 rings (SSSR count). The second kappa shape index (κ2) is 18.2. The normalized spacial score (nSPS) is 13.7. The third kappa shape index (κ3) is 14.5. The lowest BCUT2D eigenvalue weighted by molar-refractivity contribution is -0.149. The summed E-state index contributed by atoms with van der Waals surface area (Å²) in [6.45, 7) is 2.39. The Morgan fingerprint density at radius 2 is 1.41 bits per heavy atom. The number of aliphatic hydroxyl groups is 2. The first-order valence-corrected chi connectivity index (χ1v) is 10.8. The maximum absolute atomic E-state index is 12.1. The van der Waals surface area contributed by atoms with Gasteiger partial charge in [0.05, 0.1) is 6.10 Å². The van der Waals surface area contributed by atoms with E-state index in [9.17, 15) is 19.8 Å². The van der Waals surface area contributed by atoms with Crippen LogP contribution in [0, 0.1) is 5.92 Å². The van der Waals surface area contributed by atoms with Crippen LogP contribution < -0.4 is 0 Å². The molecule has 27 heavy (non-hydrogen) atoms. The van der Waals surface area contributed by atoms with Crippen LogP contribution in [0.4, 0.5) is 0 Å². The van der Waals surface area contributed by atoms with Crippen molar-refractivity contribution < 1.29 is 24.9 Å². The summed E-state index contributed by atoms with van der Waals surface area (Å²) in [5.74, 6) is -3.10. The van der Waals surface area contributed by atoms with Gasteiger partial charge in [-0.25, -0.2) is 0 Å². The number of unbranched alkanes of at least 4 members (excludes halogenated alkanes) is 11. The summed E-state index contributed by atoms with van der Waals surface area (Å²) >= 11 is 0. The first-order chi connectivity index (χ1) is 13.0. The highest BCUT2D eigenvalue weighted by atomic mass is 16.4. The zero-order valence-corrected chi connectivity index (χ0v) is 17.1. The predicted octanol–water partition coefficient (Wildman–Crippen LogP) is 4.65. The third-order valence-corrected chi connectivity index (χ3v) is 4.87. The molecule has 0 fully saturated rings. The van der Waals surface area contributed by atoms with E-state index in [1.54, 1.807) is 6.08 Å². The molecule has 2 atom stereocenters. The average molecular weight is 385 g/mol. The zero-order chi connectivity index (χ0) is 20.3. The lowest BCUT2D eigenvalue weighted by Crippen LogP contribution is -2.34. The fourth-order valence-corrected chi connectivity index (χ4v) is 3.16. The molecular weight excluding hydrogens is 344 g/mol. The summed E-state index contributed by atoms with van der Waals surface area (Å²) in [7, 11) is 0. The number of carboxylic acids is 1. The highest BCUT2D eigenvalue weighted by Gasteiger charge is 2.31. The van der Waals surface area contributed by atoms with Gasteiger partial charge in [-0.2, -0.15) is 0 Å². The number of aliphatic hydroxyl groups excluding tert-OH is 2. The maximum Gasteiger partial charge on any atom is 0.317 e. The molecule has 0 aliphatic rings. The first-order valence-electron chi connectivity index (χ1n) is 10.8. The smallest absolute Gasteiger partial charge is 0.317 e. The van der Waals surface area contributed by atoms with Crippen LogP contribution in [0.5, 0.6) is 0 Å². The van der Waals surface area contributed by atoms with Gasteiger partial charge in [-0.1, -0.05) is 77.2 Å². The lowest BCUT2D eigenvalue weighted by Gasteiger charge is -2.16. The summed E-state index contributed by atoms with van der Waals surface area (Å²) in [4.78, 5) is 23.5. The van der Waals surface area contributed by atoms with Gasteiger partial charge in [-0.05, 0) is 31.8 Å². The molecule has 0 saturated heterocycles. The highest BCUT2D eigenvalue weighted by molar-refractivity contribution is 6.04. The SMILES string of the molecule is CCCCCCCC(O)C(C(=O)O)C(=O)C=CCCCCCCCCCO. The van der Waals surface area contributed by atoms with E-state index >= 15 is 0 Å². The van der Waals surface area contributed by atoms with Gasteiger partial charge in [0, 0.05) is 6.61 Å². The van der Waals surface area contributed by atoms with Crippen LogP contribution in [-0.2, 0) is 9.59 Å². The summed E-state index contributed by atoms with van der Waals surface area (Å²) in [6.07, 6.45) is 15.6. The van der Waals surface area contributed by atoms with E-state index in [-0.39, 0.29) is 6.61 Å². The number of rotatable bonds is 19. The summed E-state index contributed by atoms with van der Waals surface area (Å²) in [5, 5.41) is 28.1. The van der Waals surface area contributed by atoms with E-state index in [2.05, 4.69) is 6.92 Å². The molecule has 0 aromatic carbocycles. The minimum Gasteiger partial charge on any atom is -0.481 e. The molecule has 5 nitrogen and oxygen atoms in total. The Bertz CT molecular complexity index is 406. The van der Waals surface area contributed by atoms with Crippen LogP contribution in [-0.4, -0.2) is 39.8 Å². The number of aliphatic carboxylic acids is 1. The molecule has 0 aromatic rings.